The van der Waals surface area contributed by atoms with Gasteiger partial charge in [-0.25, -0.2) is 9.97 Å². The van der Waals surface area contributed by atoms with E-state index in [9.17, 15) is 9.59 Å². The average molecular weight is 409 g/mol. The Bertz CT molecular complexity index is 1090. The summed E-state index contributed by atoms with van der Waals surface area (Å²) in [5.41, 5.74) is 2.86. The summed E-state index contributed by atoms with van der Waals surface area (Å²) in [6, 6.07) is 8.23. The maximum absolute atomic E-state index is 12.6. The molecule has 0 saturated carbocycles. The van der Waals surface area contributed by atoms with Crippen molar-refractivity contribution in [1.82, 2.24) is 24.9 Å². The van der Waals surface area contributed by atoms with E-state index < -0.39 is 0 Å². The van der Waals surface area contributed by atoms with Crippen molar-refractivity contribution in [2.45, 2.75) is 46.1 Å². The molecule has 1 aliphatic rings. The van der Waals surface area contributed by atoms with Gasteiger partial charge in [0, 0.05) is 24.3 Å². The van der Waals surface area contributed by atoms with Crippen LogP contribution in [-0.4, -0.2) is 38.6 Å². The minimum atomic E-state index is -0.294. The molecular weight excluding hydrogens is 380 g/mol. The number of carbonyl (C=O) groups is 1. The number of amides is 1. The highest BCUT2D eigenvalue weighted by atomic mass is 16.2. The van der Waals surface area contributed by atoms with Crippen LogP contribution in [0.15, 0.2) is 35.4 Å². The Morgan fingerprint density at radius 3 is 2.67 bits per heavy atom. The van der Waals surface area contributed by atoms with Crippen molar-refractivity contribution in [3.8, 4) is 0 Å². The molecule has 1 fully saturated rings. The zero-order valence-corrected chi connectivity index (χ0v) is 17.7. The van der Waals surface area contributed by atoms with E-state index in [1.807, 2.05) is 6.92 Å². The molecule has 8 nitrogen and oxygen atoms in total. The molecule has 0 radical (unpaired) electrons. The second kappa shape index (κ2) is 8.30. The lowest BCUT2D eigenvalue weighted by Gasteiger charge is -2.32. The molecule has 3 aromatic rings. The van der Waals surface area contributed by atoms with E-state index in [2.05, 4.69) is 56.5 Å². The second-order valence-electron chi connectivity index (χ2n) is 8.23. The maximum Gasteiger partial charge on any atom is 0.277 e. The smallest absolute Gasteiger partial charge is 0.277 e. The van der Waals surface area contributed by atoms with Gasteiger partial charge >= 0.3 is 0 Å². The fourth-order valence-electron chi connectivity index (χ4n) is 3.98. The molecule has 2 aromatic heterocycles. The normalized spacial score (nSPS) is 16.0. The highest BCUT2D eigenvalue weighted by molar-refractivity contribution is 5.79. The topological polar surface area (TPSA) is 95.4 Å². The van der Waals surface area contributed by atoms with E-state index in [0.29, 0.717) is 17.0 Å². The SMILES string of the molecule is Cc1nc2nc[nH]n2c(=O)c1CC(=O)N[C@H](C)c1ccc(N2CCC(C)CC2)cc1. The molecule has 30 heavy (non-hydrogen) atoms. The van der Waals surface area contributed by atoms with Gasteiger partial charge in [-0.15, -0.1) is 0 Å². The first kappa shape index (κ1) is 20.1. The minimum absolute atomic E-state index is 0.0198. The Morgan fingerprint density at radius 2 is 1.97 bits per heavy atom. The van der Waals surface area contributed by atoms with Gasteiger partial charge in [-0.2, -0.15) is 4.52 Å². The van der Waals surface area contributed by atoms with Gasteiger partial charge < -0.3 is 10.2 Å². The molecule has 0 bridgehead atoms. The van der Waals surface area contributed by atoms with Gasteiger partial charge in [0.05, 0.1) is 18.2 Å². The first-order chi connectivity index (χ1) is 14.4. The zero-order chi connectivity index (χ0) is 21.3. The summed E-state index contributed by atoms with van der Waals surface area (Å²) >= 11 is 0. The predicted octanol–water partition coefficient (Wildman–Crippen LogP) is 2.38. The Kier molecular flexibility index (Phi) is 5.57. The number of anilines is 1. The van der Waals surface area contributed by atoms with Crippen LogP contribution in [0.1, 0.15) is 49.6 Å². The van der Waals surface area contributed by atoms with E-state index in [1.54, 1.807) is 6.92 Å². The highest BCUT2D eigenvalue weighted by Crippen LogP contribution is 2.24. The summed E-state index contributed by atoms with van der Waals surface area (Å²) in [5.74, 6) is 0.896. The average Bonchev–Trinajstić information content (AvgIpc) is 3.20. The van der Waals surface area contributed by atoms with Crippen molar-refractivity contribution in [1.29, 1.82) is 0 Å². The van der Waals surface area contributed by atoms with Crippen LogP contribution in [0, 0.1) is 12.8 Å². The van der Waals surface area contributed by atoms with Gasteiger partial charge in [0.2, 0.25) is 5.91 Å². The van der Waals surface area contributed by atoms with Crippen LogP contribution in [0.3, 0.4) is 0 Å². The molecule has 1 amide bonds. The number of rotatable bonds is 5. The molecule has 0 aliphatic carbocycles. The molecule has 4 rings (SSSR count). The summed E-state index contributed by atoms with van der Waals surface area (Å²) in [5, 5.41) is 5.72. The summed E-state index contributed by atoms with van der Waals surface area (Å²) in [4.78, 5) is 35.9. The minimum Gasteiger partial charge on any atom is -0.372 e. The number of nitrogens with one attached hydrogen (secondary N) is 2. The van der Waals surface area contributed by atoms with Crippen molar-refractivity contribution in [3.63, 3.8) is 0 Å². The fourth-order valence-corrected chi connectivity index (χ4v) is 3.98. The first-order valence-corrected chi connectivity index (χ1v) is 10.5. The standard InChI is InChI=1S/C22H28N6O2/c1-14-8-10-27(11-9-14)18-6-4-17(5-7-18)15(2)25-20(29)12-19-16(3)26-22-23-13-24-28(22)21(19)30/h4-7,13-15H,8-12H2,1-3H3,(H,25,29)(H,23,24,26)/t15-/m1/s1. The van der Waals surface area contributed by atoms with Crippen LogP contribution in [0.25, 0.3) is 5.78 Å². The summed E-state index contributed by atoms with van der Waals surface area (Å²) in [6.07, 6.45) is 3.84. The van der Waals surface area contributed by atoms with Crippen molar-refractivity contribution in [3.05, 3.63) is 57.8 Å². The van der Waals surface area contributed by atoms with Crippen LogP contribution in [0.5, 0.6) is 0 Å². The number of hydrogen-bond acceptors (Lipinski definition) is 5. The molecule has 158 valence electrons. The summed E-state index contributed by atoms with van der Waals surface area (Å²) in [6.45, 7) is 8.17. The molecule has 0 spiro atoms. The number of aromatic nitrogens is 4. The number of aromatic amines is 1. The molecule has 0 unspecified atom stereocenters. The zero-order valence-electron chi connectivity index (χ0n) is 17.7. The number of carbonyl (C=O) groups excluding carboxylic acids is 1. The maximum atomic E-state index is 12.6. The van der Waals surface area contributed by atoms with Crippen LogP contribution in [0.2, 0.25) is 0 Å². The van der Waals surface area contributed by atoms with Crippen molar-refractivity contribution >= 4 is 17.4 Å². The van der Waals surface area contributed by atoms with Crippen LogP contribution in [0.4, 0.5) is 5.69 Å². The van der Waals surface area contributed by atoms with E-state index in [4.69, 9.17) is 0 Å². The largest absolute Gasteiger partial charge is 0.372 e. The number of piperidine rings is 1. The fraction of sp³-hybridized carbons (Fsp3) is 0.455. The molecule has 8 heteroatoms. The van der Waals surface area contributed by atoms with Gasteiger partial charge in [0.15, 0.2) is 0 Å². The lowest BCUT2D eigenvalue weighted by Crippen LogP contribution is -2.33. The van der Waals surface area contributed by atoms with Crippen molar-refractivity contribution < 1.29 is 4.79 Å². The summed E-state index contributed by atoms with van der Waals surface area (Å²) < 4.78 is 1.25. The lowest BCUT2D eigenvalue weighted by atomic mass is 9.98. The molecule has 2 N–H and O–H groups in total. The third kappa shape index (κ3) is 4.08. The number of aryl methyl sites for hydroxylation is 1. The third-order valence-corrected chi connectivity index (χ3v) is 5.99. The molecule has 1 saturated heterocycles. The van der Waals surface area contributed by atoms with E-state index >= 15 is 0 Å². The van der Waals surface area contributed by atoms with E-state index in [-0.39, 0.29) is 23.9 Å². The molecule has 1 aromatic carbocycles. The molecule has 3 heterocycles. The Labute approximate surface area is 175 Å². The molecule has 1 atom stereocenters. The quantitative estimate of drug-likeness (QED) is 0.676. The van der Waals surface area contributed by atoms with Crippen LogP contribution in [-0.2, 0) is 11.2 Å². The van der Waals surface area contributed by atoms with E-state index in [0.717, 1.165) is 24.6 Å². The van der Waals surface area contributed by atoms with Crippen LogP contribution >= 0.6 is 0 Å². The number of benzene rings is 1. The Morgan fingerprint density at radius 1 is 1.27 bits per heavy atom. The monoisotopic (exact) mass is 408 g/mol. The van der Waals surface area contributed by atoms with Gasteiger partial charge in [-0.1, -0.05) is 19.1 Å². The van der Waals surface area contributed by atoms with Crippen LogP contribution < -0.4 is 15.8 Å². The Hall–Kier alpha value is -3.16. The van der Waals surface area contributed by atoms with Crippen molar-refractivity contribution in [2.75, 3.05) is 18.0 Å². The van der Waals surface area contributed by atoms with E-state index in [1.165, 1.54) is 29.4 Å². The Balaban J connectivity index is 1.41. The second-order valence-corrected chi connectivity index (χ2v) is 8.23. The van der Waals surface area contributed by atoms with Gasteiger partial charge in [-0.3, -0.25) is 14.7 Å². The predicted molar refractivity (Wildman–Crippen MR) is 116 cm³/mol. The van der Waals surface area contributed by atoms with Crippen molar-refractivity contribution in [2.24, 2.45) is 5.92 Å². The third-order valence-electron chi connectivity index (χ3n) is 5.99. The van der Waals surface area contributed by atoms with Gasteiger partial charge in [0.1, 0.15) is 6.33 Å². The van der Waals surface area contributed by atoms with Gasteiger partial charge in [0.25, 0.3) is 11.3 Å². The highest BCUT2D eigenvalue weighted by Gasteiger charge is 2.18. The molecule has 1 aliphatic heterocycles. The molecular formula is C22H28N6O2. The number of fused-ring (bicyclic) bond motifs is 1. The van der Waals surface area contributed by atoms with Gasteiger partial charge in [-0.05, 0) is 50.3 Å². The number of H-pyrrole nitrogens is 1. The summed E-state index contributed by atoms with van der Waals surface area (Å²) in [7, 11) is 0. The first-order valence-electron chi connectivity index (χ1n) is 10.5. The number of nitrogens with zero attached hydrogens (tertiary/aromatic N) is 4. The lowest BCUT2D eigenvalue weighted by molar-refractivity contribution is -0.121. The number of hydrogen-bond donors (Lipinski definition) is 2.